The first-order valence-electron chi connectivity index (χ1n) is 8.27. The molecule has 2 aliphatic rings. The van der Waals surface area contributed by atoms with Gasteiger partial charge >= 0.3 is 6.09 Å². The van der Waals surface area contributed by atoms with E-state index >= 15 is 0 Å². The summed E-state index contributed by atoms with van der Waals surface area (Å²) in [5, 5.41) is 6.22. The van der Waals surface area contributed by atoms with Crippen molar-refractivity contribution in [1.82, 2.24) is 10.6 Å². The monoisotopic (exact) mass is 320 g/mol. The molecule has 1 fully saturated rings. The van der Waals surface area contributed by atoms with Gasteiger partial charge < -0.3 is 15.4 Å². The molecule has 3 rings (SSSR count). The van der Waals surface area contributed by atoms with E-state index in [2.05, 4.69) is 10.6 Å². The van der Waals surface area contributed by atoms with E-state index in [1.165, 1.54) is 6.07 Å². The van der Waals surface area contributed by atoms with E-state index in [-0.39, 0.29) is 22.9 Å². The van der Waals surface area contributed by atoms with Crippen LogP contribution in [0.2, 0.25) is 0 Å². The second-order valence-electron chi connectivity index (χ2n) is 7.79. The van der Waals surface area contributed by atoms with Crippen molar-refractivity contribution in [3.8, 4) is 0 Å². The highest BCUT2D eigenvalue weighted by molar-refractivity contribution is 5.69. The molecule has 1 aliphatic heterocycles. The number of hydrogen-bond donors (Lipinski definition) is 2. The molecule has 0 unspecified atom stereocenters. The van der Waals surface area contributed by atoms with Crippen molar-refractivity contribution in [3.63, 3.8) is 0 Å². The van der Waals surface area contributed by atoms with Crippen molar-refractivity contribution in [1.29, 1.82) is 0 Å². The number of nitrogens with one attached hydrogen (secondary N) is 2. The number of amides is 1. The average Bonchev–Trinajstić information content (AvgIpc) is 2.70. The van der Waals surface area contributed by atoms with Crippen LogP contribution < -0.4 is 10.6 Å². The lowest BCUT2D eigenvalue weighted by atomic mass is 9.74. The average molecular weight is 320 g/mol. The molecule has 1 amide bonds. The third kappa shape index (κ3) is 3.34. The van der Waals surface area contributed by atoms with Gasteiger partial charge in [0.1, 0.15) is 11.9 Å². The van der Waals surface area contributed by atoms with Gasteiger partial charge in [-0.15, -0.1) is 0 Å². The zero-order chi connectivity index (χ0) is 16.7. The van der Waals surface area contributed by atoms with E-state index in [9.17, 15) is 9.18 Å². The van der Waals surface area contributed by atoms with Gasteiger partial charge in [-0.25, -0.2) is 9.18 Å². The van der Waals surface area contributed by atoms with Crippen LogP contribution in [-0.4, -0.2) is 24.7 Å². The summed E-state index contributed by atoms with van der Waals surface area (Å²) < 4.78 is 19.4. The van der Waals surface area contributed by atoms with Crippen molar-refractivity contribution >= 4 is 6.09 Å². The number of carbonyl (C=O) groups excluding carboxylic acids is 1. The maximum atomic E-state index is 13.6. The van der Waals surface area contributed by atoms with E-state index < -0.39 is 6.09 Å². The van der Waals surface area contributed by atoms with Crippen molar-refractivity contribution < 1.29 is 13.9 Å². The van der Waals surface area contributed by atoms with E-state index in [0.29, 0.717) is 0 Å². The van der Waals surface area contributed by atoms with Crippen LogP contribution in [0.3, 0.4) is 0 Å². The van der Waals surface area contributed by atoms with Crippen LogP contribution in [0.5, 0.6) is 0 Å². The van der Waals surface area contributed by atoms with Crippen molar-refractivity contribution in [3.05, 3.63) is 35.1 Å². The Labute approximate surface area is 136 Å². The summed E-state index contributed by atoms with van der Waals surface area (Å²) in [4.78, 5) is 12.3. The van der Waals surface area contributed by atoms with Crippen LogP contribution >= 0.6 is 0 Å². The second kappa shape index (κ2) is 5.78. The van der Waals surface area contributed by atoms with E-state index in [1.54, 1.807) is 12.1 Å². The number of ether oxygens (including phenoxy) is 1. The van der Waals surface area contributed by atoms with Gasteiger partial charge in [-0.2, -0.15) is 0 Å². The fraction of sp³-hybridized carbons (Fsp3) is 0.611. The summed E-state index contributed by atoms with van der Waals surface area (Å²) in [5.74, 6) is -0.229. The van der Waals surface area contributed by atoms with Crippen LogP contribution in [0.15, 0.2) is 18.2 Å². The van der Waals surface area contributed by atoms with Crippen LogP contribution in [0.4, 0.5) is 9.18 Å². The molecule has 2 N–H and O–H groups in total. The van der Waals surface area contributed by atoms with Crippen molar-refractivity contribution in [2.45, 2.75) is 51.7 Å². The van der Waals surface area contributed by atoms with E-state index in [1.807, 2.05) is 20.8 Å². The molecule has 1 aromatic rings. The van der Waals surface area contributed by atoms with Gasteiger partial charge in [-0.3, -0.25) is 0 Å². The highest BCUT2D eigenvalue weighted by Gasteiger charge is 2.49. The lowest BCUT2D eigenvalue weighted by molar-refractivity contribution is -0.00574. The summed E-state index contributed by atoms with van der Waals surface area (Å²) in [6.45, 7) is 7.57. The molecule has 0 radical (unpaired) electrons. The minimum absolute atomic E-state index is 0.114. The van der Waals surface area contributed by atoms with Gasteiger partial charge in [0.25, 0.3) is 0 Å². The SMILES string of the molecule is CC(C)(C)NC(=O)O[C@@H]1c2ccc(F)cc2CC12CCNCC2. The zero-order valence-electron chi connectivity index (χ0n) is 14.0. The van der Waals surface area contributed by atoms with E-state index in [4.69, 9.17) is 4.74 Å². The minimum Gasteiger partial charge on any atom is -0.441 e. The topological polar surface area (TPSA) is 50.4 Å². The van der Waals surface area contributed by atoms with Gasteiger partial charge in [-0.05, 0) is 76.4 Å². The zero-order valence-corrected chi connectivity index (χ0v) is 14.0. The molecule has 1 aliphatic carbocycles. The summed E-state index contributed by atoms with van der Waals surface area (Å²) in [6, 6.07) is 4.82. The minimum atomic E-state index is -0.405. The first kappa shape index (κ1) is 16.2. The smallest absolute Gasteiger partial charge is 0.408 e. The number of hydrogen-bond acceptors (Lipinski definition) is 3. The van der Waals surface area contributed by atoms with Crippen LogP contribution in [-0.2, 0) is 11.2 Å². The lowest BCUT2D eigenvalue weighted by Gasteiger charge is -2.39. The first-order valence-corrected chi connectivity index (χ1v) is 8.27. The lowest BCUT2D eigenvalue weighted by Crippen LogP contribution is -2.45. The molecule has 1 heterocycles. The Morgan fingerprint density at radius 3 is 2.70 bits per heavy atom. The highest BCUT2D eigenvalue weighted by atomic mass is 19.1. The molecule has 126 valence electrons. The number of fused-ring (bicyclic) bond motifs is 1. The number of piperidine rings is 1. The Morgan fingerprint density at radius 2 is 2.04 bits per heavy atom. The molecule has 0 saturated carbocycles. The number of carbonyl (C=O) groups is 1. The number of alkyl carbamates (subject to hydrolysis) is 1. The fourth-order valence-corrected chi connectivity index (χ4v) is 3.78. The summed E-state index contributed by atoms with van der Waals surface area (Å²) in [6.07, 6.45) is 1.92. The Morgan fingerprint density at radius 1 is 1.35 bits per heavy atom. The maximum Gasteiger partial charge on any atom is 0.408 e. The summed E-state index contributed by atoms with van der Waals surface area (Å²) >= 11 is 0. The fourth-order valence-electron chi connectivity index (χ4n) is 3.78. The molecule has 4 nitrogen and oxygen atoms in total. The van der Waals surface area contributed by atoms with E-state index in [0.717, 1.165) is 43.5 Å². The largest absolute Gasteiger partial charge is 0.441 e. The molecular formula is C18H25FN2O2. The number of benzene rings is 1. The highest BCUT2D eigenvalue weighted by Crippen LogP contribution is 2.53. The molecule has 0 aromatic heterocycles. The van der Waals surface area contributed by atoms with Crippen molar-refractivity contribution in [2.24, 2.45) is 5.41 Å². The maximum absolute atomic E-state index is 13.6. The molecule has 1 aromatic carbocycles. The number of rotatable bonds is 1. The molecule has 23 heavy (non-hydrogen) atoms. The van der Waals surface area contributed by atoms with Gasteiger partial charge in [0.2, 0.25) is 0 Å². The molecule has 1 atom stereocenters. The first-order chi connectivity index (χ1) is 10.8. The predicted molar refractivity (Wildman–Crippen MR) is 86.8 cm³/mol. The normalized spacial score (nSPS) is 22.7. The number of halogens is 1. The Bertz CT molecular complexity index is 604. The molecule has 0 bridgehead atoms. The summed E-state index contributed by atoms with van der Waals surface area (Å²) in [5.41, 5.74) is 1.47. The van der Waals surface area contributed by atoms with Gasteiger partial charge in [0.15, 0.2) is 0 Å². The molecule has 5 heteroatoms. The Kier molecular flexibility index (Phi) is 4.08. The third-order valence-corrected chi connectivity index (χ3v) is 4.79. The van der Waals surface area contributed by atoms with Crippen LogP contribution in [0.25, 0.3) is 0 Å². The molecular weight excluding hydrogens is 295 g/mol. The predicted octanol–water partition coefficient (Wildman–Crippen LogP) is 3.32. The van der Waals surface area contributed by atoms with Gasteiger partial charge in [-0.1, -0.05) is 6.07 Å². The molecule has 1 saturated heterocycles. The van der Waals surface area contributed by atoms with Crippen LogP contribution in [0.1, 0.15) is 50.8 Å². The third-order valence-electron chi connectivity index (χ3n) is 4.79. The van der Waals surface area contributed by atoms with Gasteiger partial charge in [0.05, 0.1) is 0 Å². The Balaban J connectivity index is 1.88. The van der Waals surface area contributed by atoms with Crippen molar-refractivity contribution in [2.75, 3.05) is 13.1 Å². The Hall–Kier alpha value is -1.62. The second-order valence-corrected chi connectivity index (χ2v) is 7.79. The molecule has 1 spiro atoms. The quantitative estimate of drug-likeness (QED) is 0.834. The summed E-state index contributed by atoms with van der Waals surface area (Å²) in [7, 11) is 0. The van der Waals surface area contributed by atoms with Gasteiger partial charge in [0, 0.05) is 11.0 Å². The standard InChI is InChI=1S/C18H25FN2O2/c1-17(2,3)21-16(22)23-15-14-5-4-13(19)10-12(14)11-18(15)6-8-20-9-7-18/h4-5,10,15,20H,6-9,11H2,1-3H3,(H,21,22)/t15-/m1/s1. The van der Waals surface area contributed by atoms with Crippen LogP contribution in [0, 0.1) is 11.2 Å².